The number of methoxy groups -OCH3 is 1. The Hall–Kier alpha value is -2.36. The fraction of sp³-hybridized carbons (Fsp3) is 0.133. The Balaban J connectivity index is 2.11. The summed E-state index contributed by atoms with van der Waals surface area (Å²) >= 11 is 0. The quantitative estimate of drug-likeness (QED) is 0.759. The number of aromatic nitrogens is 2. The standard InChI is InChI=1S/C15H13FN2O/c1-9-3-5-12-13(7-9)18-15(17-12)10-4-6-14(19-2)11(16)8-10/h3-8H,1-2H3,(H,17,18). The molecule has 1 aromatic heterocycles. The minimum Gasteiger partial charge on any atom is -0.494 e. The molecule has 0 aliphatic heterocycles. The highest BCUT2D eigenvalue weighted by Gasteiger charge is 2.09. The molecule has 0 spiro atoms. The van der Waals surface area contributed by atoms with E-state index >= 15 is 0 Å². The lowest BCUT2D eigenvalue weighted by Gasteiger charge is -2.02. The Labute approximate surface area is 110 Å². The zero-order chi connectivity index (χ0) is 13.4. The van der Waals surface area contributed by atoms with Gasteiger partial charge in [0, 0.05) is 5.56 Å². The third-order valence-corrected chi connectivity index (χ3v) is 3.06. The van der Waals surface area contributed by atoms with E-state index < -0.39 is 5.82 Å². The van der Waals surface area contributed by atoms with E-state index in [1.54, 1.807) is 12.1 Å². The minimum atomic E-state index is -0.392. The van der Waals surface area contributed by atoms with Crippen molar-refractivity contribution in [2.24, 2.45) is 0 Å². The van der Waals surface area contributed by atoms with Crippen LogP contribution in [0.2, 0.25) is 0 Å². The lowest BCUT2D eigenvalue weighted by Crippen LogP contribution is -1.89. The zero-order valence-electron chi connectivity index (χ0n) is 10.7. The van der Waals surface area contributed by atoms with Crippen LogP contribution in [0.25, 0.3) is 22.4 Å². The maximum atomic E-state index is 13.7. The molecule has 3 aromatic rings. The predicted octanol–water partition coefficient (Wildman–Crippen LogP) is 3.69. The maximum absolute atomic E-state index is 13.7. The second-order valence-corrected chi connectivity index (χ2v) is 4.46. The second kappa shape index (κ2) is 4.39. The zero-order valence-corrected chi connectivity index (χ0v) is 10.7. The number of hydrogen-bond donors (Lipinski definition) is 1. The fourth-order valence-corrected chi connectivity index (χ4v) is 2.07. The Bertz CT molecular complexity index is 749. The average molecular weight is 256 g/mol. The van der Waals surface area contributed by atoms with Crippen LogP contribution in [-0.4, -0.2) is 17.1 Å². The van der Waals surface area contributed by atoms with E-state index in [4.69, 9.17) is 4.74 Å². The Morgan fingerprint density at radius 3 is 2.74 bits per heavy atom. The summed E-state index contributed by atoms with van der Waals surface area (Å²) in [5, 5.41) is 0. The second-order valence-electron chi connectivity index (χ2n) is 4.46. The van der Waals surface area contributed by atoms with Crippen LogP contribution < -0.4 is 4.74 Å². The molecule has 0 amide bonds. The molecule has 0 fully saturated rings. The molecule has 3 rings (SSSR count). The lowest BCUT2D eigenvalue weighted by atomic mass is 10.2. The normalized spacial score (nSPS) is 10.9. The van der Waals surface area contributed by atoms with Crippen LogP contribution in [0.3, 0.4) is 0 Å². The number of aromatic amines is 1. The van der Waals surface area contributed by atoms with Gasteiger partial charge in [-0.05, 0) is 42.8 Å². The van der Waals surface area contributed by atoms with Crippen LogP contribution >= 0.6 is 0 Å². The molecule has 0 atom stereocenters. The lowest BCUT2D eigenvalue weighted by molar-refractivity contribution is 0.386. The van der Waals surface area contributed by atoms with Gasteiger partial charge in [0.25, 0.3) is 0 Å². The highest BCUT2D eigenvalue weighted by Crippen LogP contribution is 2.25. The number of imidazole rings is 1. The molecule has 1 heterocycles. The summed E-state index contributed by atoms with van der Waals surface area (Å²) < 4.78 is 18.6. The third-order valence-electron chi connectivity index (χ3n) is 3.06. The van der Waals surface area contributed by atoms with Crippen molar-refractivity contribution < 1.29 is 9.13 Å². The van der Waals surface area contributed by atoms with E-state index in [9.17, 15) is 4.39 Å². The van der Waals surface area contributed by atoms with Crippen molar-refractivity contribution in [3.8, 4) is 17.1 Å². The van der Waals surface area contributed by atoms with Crippen molar-refractivity contribution in [1.82, 2.24) is 9.97 Å². The predicted molar refractivity (Wildman–Crippen MR) is 72.8 cm³/mol. The molecule has 2 aromatic carbocycles. The van der Waals surface area contributed by atoms with Gasteiger partial charge >= 0.3 is 0 Å². The molecule has 4 heteroatoms. The average Bonchev–Trinajstić information content (AvgIpc) is 2.81. The Morgan fingerprint density at radius 1 is 1.16 bits per heavy atom. The molecule has 19 heavy (non-hydrogen) atoms. The van der Waals surface area contributed by atoms with Crippen molar-refractivity contribution in [3.05, 3.63) is 47.8 Å². The van der Waals surface area contributed by atoms with Gasteiger partial charge in [-0.1, -0.05) is 6.07 Å². The van der Waals surface area contributed by atoms with E-state index in [-0.39, 0.29) is 5.75 Å². The van der Waals surface area contributed by atoms with E-state index in [1.807, 2.05) is 25.1 Å². The Kier molecular flexibility index (Phi) is 2.71. The molecular formula is C15H13FN2O. The topological polar surface area (TPSA) is 37.9 Å². The summed E-state index contributed by atoms with van der Waals surface area (Å²) in [6, 6.07) is 10.8. The molecule has 0 aliphatic carbocycles. The number of ether oxygens (including phenoxy) is 1. The van der Waals surface area contributed by atoms with Gasteiger partial charge in [-0.15, -0.1) is 0 Å². The number of nitrogens with one attached hydrogen (secondary N) is 1. The van der Waals surface area contributed by atoms with Gasteiger partial charge < -0.3 is 9.72 Å². The van der Waals surface area contributed by atoms with Gasteiger partial charge in [-0.2, -0.15) is 0 Å². The number of nitrogens with zero attached hydrogens (tertiary/aromatic N) is 1. The summed E-state index contributed by atoms with van der Waals surface area (Å²) in [6.07, 6.45) is 0. The number of benzene rings is 2. The van der Waals surface area contributed by atoms with Gasteiger partial charge in [-0.25, -0.2) is 9.37 Å². The summed E-state index contributed by atoms with van der Waals surface area (Å²) in [4.78, 5) is 7.66. The van der Waals surface area contributed by atoms with Crippen molar-refractivity contribution in [2.75, 3.05) is 7.11 Å². The summed E-state index contributed by atoms with van der Waals surface area (Å²) in [7, 11) is 1.45. The van der Waals surface area contributed by atoms with Crippen LogP contribution in [0.15, 0.2) is 36.4 Å². The first-order chi connectivity index (χ1) is 9.17. The van der Waals surface area contributed by atoms with Gasteiger partial charge in [0.1, 0.15) is 5.82 Å². The minimum absolute atomic E-state index is 0.232. The van der Waals surface area contributed by atoms with Crippen LogP contribution in [0, 0.1) is 12.7 Å². The molecule has 96 valence electrons. The summed E-state index contributed by atoms with van der Waals surface area (Å²) in [5.74, 6) is 0.495. The van der Waals surface area contributed by atoms with Crippen molar-refractivity contribution in [1.29, 1.82) is 0 Å². The van der Waals surface area contributed by atoms with Crippen LogP contribution in [0.5, 0.6) is 5.75 Å². The molecule has 0 radical (unpaired) electrons. The highest BCUT2D eigenvalue weighted by atomic mass is 19.1. The van der Waals surface area contributed by atoms with E-state index in [0.29, 0.717) is 11.4 Å². The largest absolute Gasteiger partial charge is 0.494 e. The van der Waals surface area contributed by atoms with Crippen molar-refractivity contribution >= 4 is 11.0 Å². The number of fused-ring (bicyclic) bond motifs is 1. The van der Waals surface area contributed by atoms with Gasteiger partial charge in [0.05, 0.1) is 18.1 Å². The van der Waals surface area contributed by atoms with E-state index in [0.717, 1.165) is 16.6 Å². The van der Waals surface area contributed by atoms with Crippen molar-refractivity contribution in [3.63, 3.8) is 0 Å². The molecule has 3 nitrogen and oxygen atoms in total. The first-order valence-corrected chi connectivity index (χ1v) is 5.97. The summed E-state index contributed by atoms with van der Waals surface area (Å²) in [6.45, 7) is 2.02. The summed E-state index contributed by atoms with van der Waals surface area (Å²) in [5.41, 5.74) is 3.68. The van der Waals surface area contributed by atoms with Gasteiger partial charge in [0.2, 0.25) is 0 Å². The third kappa shape index (κ3) is 2.05. The molecule has 0 bridgehead atoms. The number of aryl methyl sites for hydroxylation is 1. The molecule has 0 aliphatic rings. The van der Waals surface area contributed by atoms with Crippen LogP contribution in [0.1, 0.15) is 5.56 Å². The SMILES string of the molecule is COc1ccc(-c2nc3ccc(C)cc3[nH]2)cc1F. The smallest absolute Gasteiger partial charge is 0.165 e. The number of halogens is 1. The molecule has 0 unspecified atom stereocenters. The fourth-order valence-electron chi connectivity index (χ4n) is 2.07. The van der Waals surface area contributed by atoms with Gasteiger partial charge in [-0.3, -0.25) is 0 Å². The molecular weight excluding hydrogens is 243 g/mol. The van der Waals surface area contributed by atoms with E-state index in [2.05, 4.69) is 9.97 Å². The Morgan fingerprint density at radius 2 is 2.00 bits per heavy atom. The van der Waals surface area contributed by atoms with E-state index in [1.165, 1.54) is 13.2 Å². The number of H-pyrrole nitrogens is 1. The van der Waals surface area contributed by atoms with Crippen LogP contribution in [-0.2, 0) is 0 Å². The molecule has 0 saturated carbocycles. The first kappa shape index (κ1) is 11.7. The van der Waals surface area contributed by atoms with Crippen molar-refractivity contribution in [2.45, 2.75) is 6.92 Å². The number of rotatable bonds is 2. The number of hydrogen-bond acceptors (Lipinski definition) is 2. The van der Waals surface area contributed by atoms with Gasteiger partial charge in [0.15, 0.2) is 11.6 Å². The van der Waals surface area contributed by atoms with Crippen LogP contribution in [0.4, 0.5) is 4.39 Å². The maximum Gasteiger partial charge on any atom is 0.165 e. The molecule has 0 saturated heterocycles. The first-order valence-electron chi connectivity index (χ1n) is 5.97. The monoisotopic (exact) mass is 256 g/mol. The highest BCUT2D eigenvalue weighted by molar-refractivity contribution is 5.80. The molecule has 1 N–H and O–H groups in total.